The molecule has 132 valence electrons. The Bertz CT molecular complexity index is 722. The first kappa shape index (κ1) is 17.8. The van der Waals surface area contributed by atoms with Crippen molar-refractivity contribution in [3.05, 3.63) is 64.7 Å². The minimum Gasteiger partial charge on any atom is -0.497 e. The van der Waals surface area contributed by atoms with Crippen molar-refractivity contribution in [1.29, 1.82) is 0 Å². The largest absolute Gasteiger partial charge is 0.497 e. The number of halogens is 1. The van der Waals surface area contributed by atoms with Gasteiger partial charge in [0.25, 0.3) is 0 Å². The number of rotatable bonds is 5. The molecule has 0 N–H and O–H groups in total. The van der Waals surface area contributed by atoms with Crippen LogP contribution in [0.2, 0.25) is 5.02 Å². The van der Waals surface area contributed by atoms with Gasteiger partial charge in [-0.3, -0.25) is 9.91 Å². The molecular weight excluding hydrogens is 334 g/mol. The summed E-state index contributed by atoms with van der Waals surface area (Å²) < 4.78 is 5.20. The summed E-state index contributed by atoms with van der Waals surface area (Å²) in [4.78, 5) is 2.43. The van der Waals surface area contributed by atoms with Crippen LogP contribution in [0.1, 0.15) is 18.1 Å². The van der Waals surface area contributed by atoms with Crippen molar-refractivity contribution in [1.82, 2.24) is 9.91 Å². The zero-order chi connectivity index (χ0) is 17.6. The highest BCUT2D eigenvalue weighted by atomic mass is 35.5. The summed E-state index contributed by atoms with van der Waals surface area (Å²) >= 11 is 6.26. The number of nitrogens with zero attached hydrogens (tertiary/aromatic N) is 3. The highest BCUT2D eigenvalue weighted by Crippen LogP contribution is 2.18. The number of methoxy groups -OCH3 is 1. The summed E-state index contributed by atoms with van der Waals surface area (Å²) in [5.74, 6) is 0.865. The summed E-state index contributed by atoms with van der Waals surface area (Å²) in [6, 6.07) is 16.1. The predicted molar refractivity (Wildman–Crippen MR) is 104 cm³/mol. The van der Waals surface area contributed by atoms with E-state index in [1.807, 2.05) is 42.5 Å². The Hall–Kier alpha value is -2.04. The maximum absolute atomic E-state index is 6.26. The maximum Gasteiger partial charge on any atom is 0.118 e. The van der Waals surface area contributed by atoms with Crippen LogP contribution in [0.15, 0.2) is 53.6 Å². The predicted octanol–water partition coefficient (Wildman–Crippen LogP) is 3.89. The third-order valence-corrected chi connectivity index (χ3v) is 4.87. The molecule has 1 aliphatic heterocycles. The molecule has 1 saturated heterocycles. The summed E-state index contributed by atoms with van der Waals surface area (Å²) in [5.41, 5.74) is 3.34. The quantitative estimate of drug-likeness (QED) is 0.760. The lowest BCUT2D eigenvalue weighted by molar-refractivity contribution is 0.130. The van der Waals surface area contributed by atoms with Crippen LogP contribution in [0.3, 0.4) is 0 Å². The fourth-order valence-electron chi connectivity index (χ4n) is 2.97. The highest BCUT2D eigenvalue weighted by Gasteiger charge is 2.17. The van der Waals surface area contributed by atoms with Gasteiger partial charge in [0.15, 0.2) is 0 Å². The first-order chi connectivity index (χ1) is 12.2. The summed E-state index contributed by atoms with van der Waals surface area (Å²) in [6.07, 6.45) is 0. The Balaban J connectivity index is 1.55. The van der Waals surface area contributed by atoms with Gasteiger partial charge in [0.1, 0.15) is 5.75 Å². The van der Waals surface area contributed by atoms with Crippen molar-refractivity contribution in [2.24, 2.45) is 5.10 Å². The molecule has 1 fully saturated rings. The van der Waals surface area contributed by atoms with Crippen LogP contribution in [0.25, 0.3) is 0 Å². The Morgan fingerprint density at radius 1 is 1.04 bits per heavy atom. The lowest BCUT2D eigenvalue weighted by atomic mass is 10.1. The minimum absolute atomic E-state index is 0.846. The number of hydrazone groups is 1. The van der Waals surface area contributed by atoms with Gasteiger partial charge in [-0.1, -0.05) is 29.8 Å². The topological polar surface area (TPSA) is 28.1 Å². The molecule has 5 heteroatoms. The van der Waals surface area contributed by atoms with Crippen molar-refractivity contribution >= 4 is 17.3 Å². The molecule has 0 radical (unpaired) electrons. The van der Waals surface area contributed by atoms with E-state index in [4.69, 9.17) is 21.4 Å². The van der Waals surface area contributed by atoms with E-state index >= 15 is 0 Å². The summed E-state index contributed by atoms with van der Waals surface area (Å²) in [6.45, 7) is 6.79. The van der Waals surface area contributed by atoms with Crippen LogP contribution in [0.5, 0.6) is 5.75 Å². The molecule has 0 bridgehead atoms. The van der Waals surface area contributed by atoms with Crippen molar-refractivity contribution < 1.29 is 4.74 Å². The molecule has 1 heterocycles. The van der Waals surface area contributed by atoms with Gasteiger partial charge >= 0.3 is 0 Å². The fraction of sp³-hybridized carbons (Fsp3) is 0.350. The zero-order valence-electron chi connectivity index (χ0n) is 14.8. The van der Waals surface area contributed by atoms with Crippen LogP contribution >= 0.6 is 11.6 Å². The minimum atomic E-state index is 0.846. The Morgan fingerprint density at radius 2 is 1.72 bits per heavy atom. The molecule has 2 aromatic rings. The molecule has 0 aromatic heterocycles. The first-order valence-electron chi connectivity index (χ1n) is 8.56. The van der Waals surface area contributed by atoms with Crippen LogP contribution in [0, 0.1) is 0 Å². The molecule has 2 aromatic carbocycles. The Kier molecular flexibility index (Phi) is 5.95. The van der Waals surface area contributed by atoms with Gasteiger partial charge in [-0.25, -0.2) is 0 Å². The smallest absolute Gasteiger partial charge is 0.118 e. The van der Waals surface area contributed by atoms with Crippen LogP contribution in [-0.4, -0.2) is 48.9 Å². The van der Waals surface area contributed by atoms with Crippen LogP contribution in [0.4, 0.5) is 0 Å². The van der Waals surface area contributed by atoms with Gasteiger partial charge in [0.2, 0.25) is 0 Å². The van der Waals surface area contributed by atoms with Gasteiger partial charge in [-0.2, -0.15) is 5.10 Å². The van der Waals surface area contributed by atoms with Crippen LogP contribution in [-0.2, 0) is 6.54 Å². The standard InChI is InChI=1S/C20H24ClN3O/c1-16(17-7-9-19(25-2)10-8-17)22-24-13-11-23(12-14-24)15-18-5-3-4-6-20(18)21/h3-10H,11-15H2,1-2H3/b22-16+. The van der Waals surface area contributed by atoms with E-state index in [2.05, 4.69) is 22.9 Å². The molecule has 0 saturated carbocycles. The van der Waals surface area contributed by atoms with E-state index in [0.717, 1.165) is 54.8 Å². The van der Waals surface area contributed by atoms with Crippen molar-refractivity contribution in [3.63, 3.8) is 0 Å². The average Bonchev–Trinajstić information content (AvgIpc) is 2.65. The normalized spacial score (nSPS) is 16.1. The lowest BCUT2D eigenvalue weighted by Gasteiger charge is -2.33. The highest BCUT2D eigenvalue weighted by molar-refractivity contribution is 6.31. The van der Waals surface area contributed by atoms with E-state index in [9.17, 15) is 0 Å². The van der Waals surface area contributed by atoms with Crippen molar-refractivity contribution in [2.75, 3.05) is 33.3 Å². The average molecular weight is 358 g/mol. The van der Waals surface area contributed by atoms with E-state index < -0.39 is 0 Å². The van der Waals surface area contributed by atoms with E-state index in [-0.39, 0.29) is 0 Å². The Morgan fingerprint density at radius 3 is 2.36 bits per heavy atom. The van der Waals surface area contributed by atoms with E-state index in [1.54, 1.807) is 7.11 Å². The number of ether oxygens (including phenoxy) is 1. The van der Waals surface area contributed by atoms with Gasteiger partial charge in [-0.05, 0) is 48.4 Å². The molecular formula is C20H24ClN3O. The molecule has 0 amide bonds. The zero-order valence-corrected chi connectivity index (χ0v) is 15.5. The van der Waals surface area contributed by atoms with Gasteiger partial charge < -0.3 is 4.74 Å². The number of hydrogen-bond donors (Lipinski definition) is 0. The van der Waals surface area contributed by atoms with E-state index in [1.165, 1.54) is 5.56 Å². The Labute approximate surface area is 154 Å². The maximum atomic E-state index is 6.26. The lowest BCUT2D eigenvalue weighted by Crippen LogP contribution is -2.43. The number of benzene rings is 2. The summed E-state index contributed by atoms with van der Waals surface area (Å²) in [7, 11) is 1.68. The summed E-state index contributed by atoms with van der Waals surface area (Å²) in [5, 5.41) is 7.78. The van der Waals surface area contributed by atoms with Crippen molar-refractivity contribution in [3.8, 4) is 5.75 Å². The molecule has 0 unspecified atom stereocenters. The third kappa shape index (κ3) is 4.74. The monoisotopic (exact) mass is 357 g/mol. The van der Waals surface area contributed by atoms with Crippen LogP contribution < -0.4 is 4.74 Å². The second-order valence-electron chi connectivity index (χ2n) is 6.24. The van der Waals surface area contributed by atoms with Gasteiger partial charge in [-0.15, -0.1) is 0 Å². The number of hydrogen-bond acceptors (Lipinski definition) is 4. The molecule has 0 spiro atoms. The molecule has 0 atom stereocenters. The van der Waals surface area contributed by atoms with Crippen molar-refractivity contribution in [2.45, 2.75) is 13.5 Å². The van der Waals surface area contributed by atoms with Gasteiger partial charge in [0, 0.05) is 37.7 Å². The molecule has 25 heavy (non-hydrogen) atoms. The third-order valence-electron chi connectivity index (χ3n) is 4.50. The van der Waals surface area contributed by atoms with Gasteiger partial charge in [0.05, 0.1) is 12.8 Å². The van der Waals surface area contributed by atoms with E-state index in [0.29, 0.717) is 0 Å². The molecule has 1 aliphatic rings. The molecule has 4 nitrogen and oxygen atoms in total. The SMILES string of the molecule is COc1ccc(/C(C)=N/N2CCN(Cc3ccccc3Cl)CC2)cc1. The first-order valence-corrected chi connectivity index (χ1v) is 8.94. The molecule has 0 aliphatic carbocycles. The second kappa shape index (κ2) is 8.37. The fourth-order valence-corrected chi connectivity index (χ4v) is 3.16. The number of piperazine rings is 1. The second-order valence-corrected chi connectivity index (χ2v) is 6.64. The molecule has 3 rings (SSSR count).